The van der Waals surface area contributed by atoms with E-state index in [0.717, 1.165) is 10.0 Å². The number of halogens is 1. The van der Waals surface area contributed by atoms with Crippen LogP contribution in [0.15, 0.2) is 28.7 Å². The molecular weight excluding hydrogens is 270 g/mol. The molecule has 0 fully saturated rings. The molecule has 1 rings (SSSR count). The number of nitrogens with one attached hydrogen (secondary N) is 1. The summed E-state index contributed by atoms with van der Waals surface area (Å²) in [6.45, 7) is 1.75. The van der Waals surface area contributed by atoms with Crippen molar-refractivity contribution in [3.05, 3.63) is 34.3 Å². The second kappa shape index (κ2) is 6.66. The molecule has 1 aromatic carbocycles. The lowest BCUT2D eigenvalue weighted by Gasteiger charge is -2.10. The van der Waals surface area contributed by atoms with Crippen molar-refractivity contribution >= 4 is 21.8 Å². The molecule has 88 valence electrons. The van der Waals surface area contributed by atoms with E-state index in [1.165, 1.54) is 0 Å². The van der Waals surface area contributed by atoms with E-state index in [-0.39, 0.29) is 18.6 Å². The molecule has 1 amide bonds. The highest BCUT2D eigenvalue weighted by molar-refractivity contribution is 9.10. The van der Waals surface area contributed by atoms with Crippen molar-refractivity contribution in [2.24, 2.45) is 0 Å². The summed E-state index contributed by atoms with van der Waals surface area (Å²) in [5.74, 6) is -0.0264. The van der Waals surface area contributed by atoms with E-state index in [4.69, 9.17) is 5.11 Å². The van der Waals surface area contributed by atoms with E-state index in [0.29, 0.717) is 12.8 Å². The lowest BCUT2D eigenvalue weighted by molar-refractivity contribution is -0.121. The van der Waals surface area contributed by atoms with Crippen LogP contribution in [0.1, 0.15) is 18.9 Å². The van der Waals surface area contributed by atoms with Crippen LogP contribution in [0.3, 0.4) is 0 Å². The Morgan fingerprint density at radius 2 is 2.31 bits per heavy atom. The Morgan fingerprint density at radius 1 is 1.56 bits per heavy atom. The summed E-state index contributed by atoms with van der Waals surface area (Å²) in [6, 6.07) is 7.73. The van der Waals surface area contributed by atoms with Crippen molar-refractivity contribution in [2.75, 3.05) is 6.61 Å². The fourth-order valence-electron chi connectivity index (χ4n) is 1.34. The smallest absolute Gasteiger partial charge is 0.220 e. The number of benzene rings is 1. The number of aryl methyl sites for hydroxylation is 1. The van der Waals surface area contributed by atoms with Gasteiger partial charge in [0.2, 0.25) is 5.91 Å². The van der Waals surface area contributed by atoms with Gasteiger partial charge in [0.25, 0.3) is 0 Å². The van der Waals surface area contributed by atoms with Gasteiger partial charge in [0.1, 0.15) is 0 Å². The maximum atomic E-state index is 11.4. The van der Waals surface area contributed by atoms with E-state index in [1.54, 1.807) is 6.92 Å². The Balaban J connectivity index is 2.37. The molecule has 0 radical (unpaired) electrons. The number of amides is 1. The maximum Gasteiger partial charge on any atom is 0.220 e. The minimum absolute atomic E-state index is 0.0252. The van der Waals surface area contributed by atoms with Gasteiger partial charge in [0, 0.05) is 16.9 Å². The SMILES string of the molecule is C[C@H](CO)NC(=O)CCc1cccc(Br)c1. The molecule has 0 unspecified atom stereocenters. The van der Waals surface area contributed by atoms with E-state index >= 15 is 0 Å². The molecule has 0 bridgehead atoms. The Kier molecular flexibility index (Phi) is 5.49. The number of carbonyl (C=O) groups excluding carboxylic acids is 1. The van der Waals surface area contributed by atoms with Crippen LogP contribution < -0.4 is 5.32 Å². The van der Waals surface area contributed by atoms with Crippen LogP contribution in [0.2, 0.25) is 0 Å². The van der Waals surface area contributed by atoms with Crippen LogP contribution in [0.25, 0.3) is 0 Å². The number of aliphatic hydroxyl groups excluding tert-OH is 1. The minimum atomic E-state index is -0.171. The topological polar surface area (TPSA) is 49.3 Å². The molecular formula is C12H16BrNO2. The molecule has 0 spiro atoms. The molecule has 0 aliphatic carbocycles. The molecule has 2 N–H and O–H groups in total. The molecule has 0 saturated heterocycles. The summed E-state index contributed by atoms with van der Waals surface area (Å²) in [5, 5.41) is 11.5. The first kappa shape index (κ1) is 13.2. The average Bonchev–Trinajstić information content (AvgIpc) is 2.26. The quantitative estimate of drug-likeness (QED) is 0.868. The van der Waals surface area contributed by atoms with E-state index in [9.17, 15) is 4.79 Å². The number of hydrogen-bond acceptors (Lipinski definition) is 2. The van der Waals surface area contributed by atoms with Crippen LogP contribution >= 0.6 is 15.9 Å². The zero-order valence-corrected chi connectivity index (χ0v) is 10.8. The van der Waals surface area contributed by atoms with Gasteiger partial charge in [-0.3, -0.25) is 4.79 Å². The normalized spacial score (nSPS) is 12.2. The van der Waals surface area contributed by atoms with Crippen molar-refractivity contribution in [2.45, 2.75) is 25.8 Å². The van der Waals surface area contributed by atoms with Crippen molar-refractivity contribution in [3.8, 4) is 0 Å². The highest BCUT2D eigenvalue weighted by atomic mass is 79.9. The summed E-state index contributed by atoms with van der Waals surface area (Å²) < 4.78 is 1.02. The van der Waals surface area contributed by atoms with Gasteiger partial charge in [0.15, 0.2) is 0 Å². The van der Waals surface area contributed by atoms with Gasteiger partial charge in [-0.05, 0) is 31.0 Å². The lowest BCUT2D eigenvalue weighted by Crippen LogP contribution is -2.35. The Labute approximate surface area is 104 Å². The third-order valence-electron chi connectivity index (χ3n) is 2.21. The van der Waals surface area contributed by atoms with Gasteiger partial charge in [-0.2, -0.15) is 0 Å². The lowest BCUT2D eigenvalue weighted by atomic mass is 10.1. The first-order valence-corrected chi connectivity index (χ1v) is 6.06. The van der Waals surface area contributed by atoms with Gasteiger partial charge in [0.05, 0.1) is 6.61 Å². The number of rotatable bonds is 5. The molecule has 1 atom stereocenters. The van der Waals surface area contributed by atoms with E-state index in [1.807, 2.05) is 24.3 Å². The van der Waals surface area contributed by atoms with Gasteiger partial charge in [-0.15, -0.1) is 0 Å². The van der Waals surface area contributed by atoms with Crippen LogP contribution in [-0.4, -0.2) is 23.7 Å². The standard InChI is InChI=1S/C12H16BrNO2/c1-9(8-15)14-12(16)6-5-10-3-2-4-11(13)7-10/h2-4,7,9,15H,5-6,8H2,1H3,(H,14,16)/t9-/m1/s1. The van der Waals surface area contributed by atoms with Crippen molar-refractivity contribution in [1.29, 1.82) is 0 Å². The first-order valence-electron chi connectivity index (χ1n) is 5.26. The van der Waals surface area contributed by atoms with Crippen LogP contribution in [0.5, 0.6) is 0 Å². The Bertz CT molecular complexity index is 355. The number of carbonyl (C=O) groups is 1. The van der Waals surface area contributed by atoms with E-state index in [2.05, 4.69) is 21.2 Å². The van der Waals surface area contributed by atoms with Crippen molar-refractivity contribution in [1.82, 2.24) is 5.32 Å². The molecule has 0 aliphatic rings. The molecule has 1 aromatic rings. The predicted molar refractivity (Wildman–Crippen MR) is 67.2 cm³/mol. The second-order valence-electron chi connectivity index (χ2n) is 3.78. The van der Waals surface area contributed by atoms with Crippen molar-refractivity contribution in [3.63, 3.8) is 0 Å². The third-order valence-corrected chi connectivity index (χ3v) is 2.70. The number of hydrogen-bond donors (Lipinski definition) is 2. The summed E-state index contributed by atoms with van der Waals surface area (Å²) in [7, 11) is 0. The summed E-state index contributed by atoms with van der Waals surface area (Å²) in [4.78, 5) is 11.4. The van der Waals surface area contributed by atoms with Crippen molar-refractivity contribution < 1.29 is 9.90 Å². The molecule has 0 heterocycles. The van der Waals surface area contributed by atoms with Crippen LogP contribution in [0.4, 0.5) is 0 Å². The maximum absolute atomic E-state index is 11.4. The molecule has 3 nitrogen and oxygen atoms in total. The largest absolute Gasteiger partial charge is 0.394 e. The summed E-state index contributed by atoms with van der Waals surface area (Å²) >= 11 is 3.39. The third kappa shape index (κ3) is 4.77. The summed E-state index contributed by atoms with van der Waals surface area (Å²) in [6.07, 6.45) is 1.16. The monoisotopic (exact) mass is 285 g/mol. The van der Waals surface area contributed by atoms with Gasteiger partial charge >= 0.3 is 0 Å². The van der Waals surface area contributed by atoms with E-state index < -0.39 is 0 Å². The molecule has 16 heavy (non-hydrogen) atoms. The summed E-state index contributed by atoms with van der Waals surface area (Å²) in [5.41, 5.74) is 1.13. The highest BCUT2D eigenvalue weighted by Gasteiger charge is 2.06. The first-order chi connectivity index (χ1) is 7.61. The minimum Gasteiger partial charge on any atom is -0.394 e. The highest BCUT2D eigenvalue weighted by Crippen LogP contribution is 2.12. The number of aliphatic hydroxyl groups is 1. The van der Waals surface area contributed by atoms with Crippen LogP contribution in [-0.2, 0) is 11.2 Å². The fourth-order valence-corrected chi connectivity index (χ4v) is 1.79. The molecule has 0 saturated carbocycles. The predicted octanol–water partition coefficient (Wildman–Crippen LogP) is 1.88. The zero-order valence-electron chi connectivity index (χ0n) is 9.24. The van der Waals surface area contributed by atoms with Gasteiger partial charge in [-0.1, -0.05) is 28.1 Å². The fraction of sp³-hybridized carbons (Fsp3) is 0.417. The molecule has 0 aromatic heterocycles. The Hall–Kier alpha value is -0.870. The average molecular weight is 286 g/mol. The molecule has 4 heteroatoms. The zero-order chi connectivity index (χ0) is 12.0. The Morgan fingerprint density at radius 3 is 2.94 bits per heavy atom. The molecule has 0 aliphatic heterocycles. The van der Waals surface area contributed by atoms with Crippen LogP contribution in [0, 0.1) is 0 Å². The van der Waals surface area contributed by atoms with Gasteiger partial charge < -0.3 is 10.4 Å². The van der Waals surface area contributed by atoms with Gasteiger partial charge in [-0.25, -0.2) is 0 Å². The second-order valence-corrected chi connectivity index (χ2v) is 4.70.